The fourth-order valence-electron chi connectivity index (χ4n) is 10.0. The molecule has 0 aromatic heterocycles. The first-order valence-electron chi connectivity index (χ1n) is 15.4. The molecule has 5 aliphatic rings. The minimum atomic E-state index is -0.470. The van der Waals surface area contributed by atoms with Gasteiger partial charge < -0.3 is 14.6 Å². The van der Waals surface area contributed by atoms with Crippen LogP contribution in [0.4, 0.5) is 0 Å². The SMILES string of the molecule is CC(C)C1(CC[C@@H](C)[C@H]2CC[C@H]3[C@@H]4CC=C5C[C@@H](O)CC[C@]5(C)[C@H]4CC[C@]23C)OC(C)(C)C(C)(C)O1. The Balaban J connectivity index is 1.30. The van der Waals surface area contributed by atoms with E-state index in [2.05, 4.69) is 68.4 Å². The summed E-state index contributed by atoms with van der Waals surface area (Å²) in [7, 11) is 0. The molecule has 8 atom stereocenters. The van der Waals surface area contributed by atoms with Gasteiger partial charge in [0.15, 0.2) is 5.79 Å². The van der Waals surface area contributed by atoms with Crippen LogP contribution in [0.5, 0.6) is 0 Å². The summed E-state index contributed by atoms with van der Waals surface area (Å²) in [6, 6.07) is 0. The lowest BCUT2D eigenvalue weighted by Gasteiger charge is -2.58. The first kappa shape index (κ1) is 27.2. The van der Waals surface area contributed by atoms with Crippen LogP contribution >= 0.6 is 0 Å². The summed E-state index contributed by atoms with van der Waals surface area (Å²) in [5.41, 5.74) is 1.85. The highest BCUT2D eigenvalue weighted by atomic mass is 16.8. The van der Waals surface area contributed by atoms with Gasteiger partial charge in [-0.05, 0) is 126 Å². The van der Waals surface area contributed by atoms with Gasteiger partial charge in [-0.15, -0.1) is 0 Å². The third kappa shape index (κ3) is 4.00. The predicted molar refractivity (Wildman–Crippen MR) is 147 cm³/mol. The monoisotopic (exact) mass is 500 g/mol. The lowest BCUT2D eigenvalue weighted by atomic mass is 9.47. The molecule has 4 fully saturated rings. The van der Waals surface area contributed by atoms with Gasteiger partial charge >= 0.3 is 0 Å². The van der Waals surface area contributed by atoms with Crippen molar-refractivity contribution in [1.82, 2.24) is 0 Å². The molecular formula is C33H56O3. The lowest BCUT2D eigenvalue weighted by Crippen LogP contribution is -2.51. The Morgan fingerprint density at radius 1 is 0.889 bits per heavy atom. The van der Waals surface area contributed by atoms with Crippen molar-refractivity contribution in [2.75, 3.05) is 0 Å². The molecule has 1 N–H and O–H groups in total. The van der Waals surface area contributed by atoms with Gasteiger partial charge in [0.05, 0.1) is 17.3 Å². The highest BCUT2D eigenvalue weighted by molar-refractivity contribution is 5.25. The summed E-state index contributed by atoms with van der Waals surface area (Å²) in [5.74, 6) is 3.90. The Morgan fingerprint density at radius 2 is 1.56 bits per heavy atom. The smallest absolute Gasteiger partial charge is 0.172 e. The summed E-state index contributed by atoms with van der Waals surface area (Å²) in [6.07, 6.45) is 14.6. The average Bonchev–Trinajstić information content (AvgIpc) is 3.23. The second-order valence-electron chi connectivity index (χ2n) is 15.6. The van der Waals surface area contributed by atoms with E-state index in [-0.39, 0.29) is 17.3 Å². The van der Waals surface area contributed by atoms with Crippen LogP contribution in [-0.2, 0) is 9.47 Å². The van der Waals surface area contributed by atoms with E-state index < -0.39 is 5.79 Å². The van der Waals surface area contributed by atoms with Crippen LogP contribution < -0.4 is 0 Å². The van der Waals surface area contributed by atoms with Gasteiger partial charge in [0.2, 0.25) is 0 Å². The van der Waals surface area contributed by atoms with E-state index in [0.717, 1.165) is 42.9 Å². The van der Waals surface area contributed by atoms with Crippen LogP contribution in [0.25, 0.3) is 0 Å². The van der Waals surface area contributed by atoms with Crippen molar-refractivity contribution in [2.24, 2.45) is 46.3 Å². The van der Waals surface area contributed by atoms with Crippen LogP contribution in [0.1, 0.15) is 127 Å². The van der Waals surface area contributed by atoms with Gasteiger partial charge in [-0.1, -0.05) is 46.3 Å². The molecule has 0 unspecified atom stereocenters. The van der Waals surface area contributed by atoms with Gasteiger partial charge in [-0.25, -0.2) is 0 Å². The molecule has 3 heteroatoms. The van der Waals surface area contributed by atoms with E-state index in [1.165, 1.54) is 44.9 Å². The summed E-state index contributed by atoms with van der Waals surface area (Å²) < 4.78 is 13.5. The fraction of sp³-hybridized carbons (Fsp3) is 0.939. The predicted octanol–water partition coefficient (Wildman–Crippen LogP) is 8.30. The molecule has 1 saturated heterocycles. The molecule has 206 valence electrons. The van der Waals surface area contributed by atoms with Crippen LogP contribution in [0.15, 0.2) is 11.6 Å². The molecule has 3 saturated carbocycles. The number of fused-ring (bicyclic) bond motifs is 5. The third-order valence-corrected chi connectivity index (χ3v) is 13.0. The third-order valence-electron chi connectivity index (χ3n) is 13.0. The number of hydrogen-bond donors (Lipinski definition) is 1. The molecule has 5 rings (SSSR count). The maximum Gasteiger partial charge on any atom is 0.172 e. The van der Waals surface area contributed by atoms with Gasteiger partial charge in [0.1, 0.15) is 0 Å². The Labute approximate surface area is 222 Å². The van der Waals surface area contributed by atoms with E-state index in [1.807, 2.05) is 0 Å². The molecule has 4 aliphatic carbocycles. The number of aliphatic hydroxyl groups is 1. The molecule has 1 aliphatic heterocycles. The van der Waals surface area contributed by atoms with Crippen molar-refractivity contribution < 1.29 is 14.6 Å². The second-order valence-corrected chi connectivity index (χ2v) is 15.6. The van der Waals surface area contributed by atoms with Crippen molar-refractivity contribution in [3.63, 3.8) is 0 Å². The first-order chi connectivity index (χ1) is 16.7. The van der Waals surface area contributed by atoms with Crippen LogP contribution in [-0.4, -0.2) is 28.2 Å². The highest BCUT2D eigenvalue weighted by Gasteiger charge is 2.61. The van der Waals surface area contributed by atoms with Crippen molar-refractivity contribution in [2.45, 2.75) is 150 Å². The Morgan fingerprint density at radius 3 is 2.19 bits per heavy atom. The van der Waals surface area contributed by atoms with Crippen molar-refractivity contribution in [1.29, 1.82) is 0 Å². The maximum absolute atomic E-state index is 10.3. The van der Waals surface area contributed by atoms with Crippen LogP contribution in [0, 0.1) is 46.3 Å². The standard InChI is InChI=1S/C33H56O3/c1-21(2)33(35-29(4,5)30(6,7)36-33)19-14-22(3)26-12-13-27-25-11-10-23-20-24(34)15-17-31(23,8)28(25)16-18-32(26,27)9/h10,21-22,24-28,34H,11-20H2,1-9H3/t22-,24+,25+,26-,27+,28+,31+,32-/m1/s1. The normalized spacial score (nSPS) is 45.5. The molecule has 0 aromatic carbocycles. The number of ether oxygens (including phenoxy) is 2. The zero-order chi connectivity index (χ0) is 26.3. The molecular weight excluding hydrogens is 444 g/mol. The van der Waals surface area contributed by atoms with E-state index in [1.54, 1.807) is 5.57 Å². The molecule has 0 bridgehead atoms. The second kappa shape index (κ2) is 8.82. The topological polar surface area (TPSA) is 38.7 Å². The molecule has 0 aromatic rings. The number of aliphatic hydroxyl groups excluding tert-OH is 1. The zero-order valence-corrected chi connectivity index (χ0v) is 25.0. The molecule has 1 heterocycles. The highest BCUT2D eigenvalue weighted by Crippen LogP contribution is 2.67. The Hall–Kier alpha value is -0.380. The van der Waals surface area contributed by atoms with E-state index in [0.29, 0.717) is 22.7 Å². The fourth-order valence-corrected chi connectivity index (χ4v) is 10.0. The van der Waals surface area contributed by atoms with Crippen molar-refractivity contribution in [3.8, 4) is 0 Å². The van der Waals surface area contributed by atoms with Crippen molar-refractivity contribution >= 4 is 0 Å². The van der Waals surface area contributed by atoms with E-state index in [9.17, 15) is 5.11 Å². The zero-order valence-electron chi connectivity index (χ0n) is 25.0. The van der Waals surface area contributed by atoms with Gasteiger partial charge in [-0.3, -0.25) is 0 Å². The van der Waals surface area contributed by atoms with Gasteiger partial charge in [0, 0.05) is 12.3 Å². The molecule has 0 spiro atoms. The molecule has 0 amide bonds. The van der Waals surface area contributed by atoms with E-state index in [4.69, 9.17) is 9.47 Å². The molecule has 36 heavy (non-hydrogen) atoms. The molecule has 3 nitrogen and oxygen atoms in total. The number of allylic oxidation sites excluding steroid dienone is 1. The quantitative estimate of drug-likeness (QED) is 0.386. The molecule has 0 radical (unpaired) electrons. The van der Waals surface area contributed by atoms with Crippen LogP contribution in [0.2, 0.25) is 0 Å². The first-order valence-corrected chi connectivity index (χ1v) is 15.4. The lowest BCUT2D eigenvalue weighted by molar-refractivity contribution is -0.225. The summed E-state index contributed by atoms with van der Waals surface area (Å²) in [6.45, 7) is 21.1. The number of hydrogen-bond acceptors (Lipinski definition) is 3. The maximum atomic E-state index is 10.3. The summed E-state index contributed by atoms with van der Waals surface area (Å²) in [5, 5.41) is 10.3. The summed E-state index contributed by atoms with van der Waals surface area (Å²) >= 11 is 0. The number of rotatable bonds is 5. The van der Waals surface area contributed by atoms with Gasteiger partial charge in [0.25, 0.3) is 0 Å². The van der Waals surface area contributed by atoms with Crippen molar-refractivity contribution in [3.05, 3.63) is 11.6 Å². The Kier molecular flexibility index (Phi) is 6.66. The minimum absolute atomic E-state index is 0.107. The van der Waals surface area contributed by atoms with Gasteiger partial charge in [-0.2, -0.15) is 0 Å². The average molecular weight is 501 g/mol. The summed E-state index contributed by atoms with van der Waals surface area (Å²) in [4.78, 5) is 0. The largest absolute Gasteiger partial charge is 0.393 e. The van der Waals surface area contributed by atoms with Crippen LogP contribution in [0.3, 0.4) is 0 Å². The Bertz CT molecular complexity index is 854. The van der Waals surface area contributed by atoms with E-state index >= 15 is 0 Å². The minimum Gasteiger partial charge on any atom is -0.393 e.